The van der Waals surface area contributed by atoms with E-state index in [4.69, 9.17) is 4.74 Å². The van der Waals surface area contributed by atoms with Gasteiger partial charge in [0.2, 0.25) is 0 Å². The average Bonchev–Trinajstić information content (AvgIpc) is 3.16. The minimum atomic E-state index is 0.380. The van der Waals surface area contributed by atoms with Crippen LogP contribution in [0.25, 0.3) is 0 Å². The highest BCUT2D eigenvalue weighted by Gasteiger charge is 2.36. The van der Waals surface area contributed by atoms with Gasteiger partial charge in [-0.05, 0) is 38.6 Å². The van der Waals surface area contributed by atoms with Crippen molar-refractivity contribution in [3.8, 4) is 0 Å². The van der Waals surface area contributed by atoms with Crippen molar-refractivity contribution in [1.29, 1.82) is 0 Å². The topological polar surface area (TPSA) is 39.1 Å². The van der Waals surface area contributed by atoms with Crippen LogP contribution in [0.1, 0.15) is 38.9 Å². The maximum Gasteiger partial charge on any atom is 0.108 e. The molecule has 2 rings (SSSR count). The van der Waals surface area contributed by atoms with E-state index in [-0.39, 0.29) is 0 Å². The first-order valence-corrected chi connectivity index (χ1v) is 7.57. The fourth-order valence-electron chi connectivity index (χ4n) is 2.76. The number of ether oxygens (including phenoxy) is 1. The molecule has 1 saturated carbocycles. The number of imidazole rings is 1. The van der Waals surface area contributed by atoms with Crippen molar-refractivity contribution >= 4 is 0 Å². The van der Waals surface area contributed by atoms with Gasteiger partial charge in [0.1, 0.15) is 5.82 Å². The first kappa shape index (κ1) is 14.5. The molecule has 0 amide bonds. The Hall–Kier alpha value is -0.870. The van der Waals surface area contributed by atoms with Gasteiger partial charge >= 0.3 is 0 Å². The quantitative estimate of drug-likeness (QED) is 0.743. The van der Waals surface area contributed by atoms with Crippen LogP contribution in [0, 0.1) is 5.92 Å². The molecule has 0 radical (unpaired) electrons. The predicted octanol–water partition coefficient (Wildman–Crippen LogP) is 2.15. The Morgan fingerprint density at radius 1 is 1.47 bits per heavy atom. The van der Waals surface area contributed by atoms with Gasteiger partial charge in [-0.25, -0.2) is 4.98 Å². The number of likely N-dealkylation sites (N-methyl/N-ethyl adjacent to an activating group) is 1. The van der Waals surface area contributed by atoms with Gasteiger partial charge in [0, 0.05) is 38.5 Å². The SMILES string of the molecule is CCNC(CCc1nccn1C)C(OCC)C1CC1. The van der Waals surface area contributed by atoms with Crippen molar-refractivity contribution < 1.29 is 4.74 Å². The molecule has 4 heteroatoms. The maximum absolute atomic E-state index is 5.99. The fraction of sp³-hybridized carbons (Fsp3) is 0.800. The zero-order valence-electron chi connectivity index (χ0n) is 12.4. The summed E-state index contributed by atoms with van der Waals surface area (Å²) in [4.78, 5) is 4.41. The van der Waals surface area contributed by atoms with Crippen LogP contribution in [0.3, 0.4) is 0 Å². The molecule has 0 saturated heterocycles. The van der Waals surface area contributed by atoms with Crippen molar-refractivity contribution in [3.05, 3.63) is 18.2 Å². The maximum atomic E-state index is 5.99. The van der Waals surface area contributed by atoms with Crippen LogP contribution >= 0.6 is 0 Å². The second-order valence-electron chi connectivity index (χ2n) is 5.41. The first-order chi connectivity index (χ1) is 9.26. The van der Waals surface area contributed by atoms with Crippen molar-refractivity contribution in [2.75, 3.05) is 13.2 Å². The van der Waals surface area contributed by atoms with Gasteiger partial charge < -0.3 is 14.6 Å². The van der Waals surface area contributed by atoms with Crippen molar-refractivity contribution in [2.24, 2.45) is 13.0 Å². The Balaban J connectivity index is 1.92. The van der Waals surface area contributed by atoms with Crippen LogP contribution in [-0.4, -0.2) is 34.8 Å². The highest BCUT2D eigenvalue weighted by molar-refractivity contribution is 4.95. The van der Waals surface area contributed by atoms with Crippen LogP contribution in [0.4, 0.5) is 0 Å². The highest BCUT2D eigenvalue weighted by atomic mass is 16.5. The molecule has 0 bridgehead atoms. The van der Waals surface area contributed by atoms with Crippen LogP contribution in [-0.2, 0) is 18.2 Å². The summed E-state index contributed by atoms with van der Waals surface area (Å²) in [5, 5.41) is 3.61. The van der Waals surface area contributed by atoms with Crippen molar-refractivity contribution in [2.45, 2.75) is 51.7 Å². The zero-order valence-corrected chi connectivity index (χ0v) is 12.4. The van der Waals surface area contributed by atoms with Gasteiger partial charge in [-0.15, -0.1) is 0 Å². The largest absolute Gasteiger partial charge is 0.377 e. The molecule has 2 unspecified atom stereocenters. The number of aromatic nitrogens is 2. The summed E-state index contributed by atoms with van der Waals surface area (Å²) in [6, 6.07) is 0.453. The lowest BCUT2D eigenvalue weighted by atomic mass is 10.0. The third-order valence-corrected chi connectivity index (χ3v) is 3.91. The number of nitrogens with zero attached hydrogens (tertiary/aromatic N) is 2. The van der Waals surface area contributed by atoms with Crippen LogP contribution in [0.2, 0.25) is 0 Å². The Bertz CT molecular complexity index is 373. The Morgan fingerprint density at radius 3 is 2.79 bits per heavy atom. The Labute approximate surface area is 116 Å². The lowest BCUT2D eigenvalue weighted by molar-refractivity contribution is 0.0173. The molecule has 1 fully saturated rings. The number of hydrogen-bond acceptors (Lipinski definition) is 3. The number of aryl methyl sites for hydroxylation is 2. The van der Waals surface area contributed by atoms with E-state index in [0.29, 0.717) is 12.1 Å². The van der Waals surface area contributed by atoms with E-state index < -0.39 is 0 Å². The summed E-state index contributed by atoms with van der Waals surface area (Å²) in [5.41, 5.74) is 0. The van der Waals surface area contributed by atoms with E-state index in [1.165, 1.54) is 12.8 Å². The summed E-state index contributed by atoms with van der Waals surface area (Å²) >= 11 is 0. The molecule has 19 heavy (non-hydrogen) atoms. The van der Waals surface area contributed by atoms with Crippen molar-refractivity contribution in [3.63, 3.8) is 0 Å². The van der Waals surface area contributed by atoms with Gasteiger partial charge in [-0.3, -0.25) is 0 Å². The van der Waals surface area contributed by atoms with Gasteiger partial charge in [0.05, 0.1) is 6.10 Å². The first-order valence-electron chi connectivity index (χ1n) is 7.57. The highest BCUT2D eigenvalue weighted by Crippen LogP contribution is 2.36. The lowest BCUT2D eigenvalue weighted by Gasteiger charge is -2.27. The zero-order chi connectivity index (χ0) is 13.7. The molecule has 0 aromatic carbocycles. The van der Waals surface area contributed by atoms with Gasteiger partial charge in [-0.2, -0.15) is 0 Å². The summed E-state index contributed by atoms with van der Waals surface area (Å²) in [6.45, 7) is 6.08. The minimum Gasteiger partial charge on any atom is -0.377 e. The van der Waals surface area contributed by atoms with Gasteiger partial charge in [-0.1, -0.05) is 6.92 Å². The lowest BCUT2D eigenvalue weighted by Crippen LogP contribution is -2.43. The molecular formula is C15H27N3O. The summed E-state index contributed by atoms with van der Waals surface area (Å²) in [5.74, 6) is 1.93. The second-order valence-corrected chi connectivity index (χ2v) is 5.41. The molecule has 1 aromatic heterocycles. The van der Waals surface area contributed by atoms with E-state index in [2.05, 4.69) is 35.8 Å². The van der Waals surface area contributed by atoms with Gasteiger partial charge in [0.25, 0.3) is 0 Å². The van der Waals surface area contributed by atoms with E-state index in [1.54, 1.807) is 0 Å². The Morgan fingerprint density at radius 2 is 2.26 bits per heavy atom. The normalized spacial score (nSPS) is 18.5. The van der Waals surface area contributed by atoms with Crippen LogP contribution in [0.15, 0.2) is 12.4 Å². The standard InChI is InChI=1S/C15H27N3O/c1-4-16-13(15(19-5-2)12-6-7-12)8-9-14-17-10-11-18(14)3/h10-13,15-16H,4-9H2,1-3H3. The molecule has 1 aliphatic carbocycles. The molecule has 108 valence electrons. The molecule has 0 aliphatic heterocycles. The fourth-order valence-corrected chi connectivity index (χ4v) is 2.76. The molecular weight excluding hydrogens is 238 g/mol. The minimum absolute atomic E-state index is 0.380. The molecule has 1 heterocycles. The third-order valence-electron chi connectivity index (χ3n) is 3.91. The molecule has 1 aliphatic rings. The smallest absolute Gasteiger partial charge is 0.108 e. The van der Waals surface area contributed by atoms with E-state index in [9.17, 15) is 0 Å². The summed E-state index contributed by atoms with van der Waals surface area (Å²) in [7, 11) is 2.06. The number of nitrogens with one attached hydrogen (secondary N) is 1. The summed E-state index contributed by atoms with van der Waals surface area (Å²) in [6.07, 6.45) is 9.03. The number of rotatable bonds is 9. The average molecular weight is 265 g/mol. The van der Waals surface area contributed by atoms with Crippen LogP contribution < -0.4 is 5.32 Å². The third kappa shape index (κ3) is 4.05. The van der Waals surface area contributed by atoms with Gasteiger partial charge in [0.15, 0.2) is 0 Å². The number of hydrogen-bond donors (Lipinski definition) is 1. The van der Waals surface area contributed by atoms with E-state index >= 15 is 0 Å². The Kier molecular flexibility index (Phi) is 5.40. The van der Waals surface area contributed by atoms with Crippen molar-refractivity contribution in [1.82, 2.24) is 14.9 Å². The van der Waals surface area contributed by atoms with E-state index in [0.717, 1.165) is 37.7 Å². The molecule has 0 spiro atoms. The molecule has 2 atom stereocenters. The monoisotopic (exact) mass is 265 g/mol. The van der Waals surface area contributed by atoms with Crippen LogP contribution in [0.5, 0.6) is 0 Å². The molecule has 1 aromatic rings. The molecule has 4 nitrogen and oxygen atoms in total. The van der Waals surface area contributed by atoms with E-state index in [1.807, 2.05) is 12.4 Å². The summed E-state index contributed by atoms with van der Waals surface area (Å²) < 4.78 is 8.10. The second kappa shape index (κ2) is 7.06. The molecule has 1 N–H and O–H groups in total. The predicted molar refractivity (Wildman–Crippen MR) is 77.1 cm³/mol.